The summed E-state index contributed by atoms with van der Waals surface area (Å²) in [6, 6.07) is 44.6. The molecule has 0 bridgehead atoms. The van der Waals surface area contributed by atoms with E-state index < -0.39 is 0 Å². The first kappa shape index (κ1) is 46.1. The van der Waals surface area contributed by atoms with Crippen LogP contribution in [0.4, 0.5) is 28.4 Å². The van der Waals surface area contributed by atoms with E-state index in [1.165, 1.54) is 113 Å². The summed E-state index contributed by atoms with van der Waals surface area (Å²) >= 11 is 2.13. The van der Waals surface area contributed by atoms with E-state index in [0.29, 0.717) is 0 Å². The largest absolute Gasteiger partial charge is 0.334 e. The molecule has 3 aliphatic heterocycles. The molecule has 3 heterocycles. The molecule has 0 radical (unpaired) electrons. The molecule has 2 unspecified atom stereocenters. The van der Waals surface area contributed by atoms with Gasteiger partial charge in [-0.15, -0.1) is 11.8 Å². The number of rotatable bonds is 3. The quantitative estimate of drug-likeness (QED) is 0.163. The minimum Gasteiger partial charge on any atom is -0.334 e. The average Bonchev–Trinajstić information content (AvgIpc) is 3.62. The van der Waals surface area contributed by atoms with Gasteiger partial charge in [0.2, 0.25) is 6.71 Å². The van der Waals surface area contributed by atoms with E-state index in [-0.39, 0.29) is 50.4 Å². The Hall–Kier alpha value is -4.67. The standard InChI is InChI=1S/C63H75BN2S/c1-38-32-52-55-53(33-38)66(50-28-23-41(59(5,6)7)34-45(50)39-18-20-40(21-19-39)58(2,3)4)51-36-43(61(11,12)13)22-27-49(51)64(55)57-56(46-35-42(60(8,9)10)24-29-54(46)67-57)65(52)44-25-26-47-48(37-44)63(16,17)31-30-62(47,14)15/h18-29,32-37,56-57H,30-31H2,1-17H3. The first-order chi connectivity index (χ1) is 31.1. The Morgan fingerprint density at radius 1 is 0.522 bits per heavy atom. The first-order valence-electron chi connectivity index (χ1n) is 25.2. The minimum absolute atomic E-state index is 0.0127. The fourth-order valence-electron chi connectivity index (χ4n) is 11.8. The highest BCUT2D eigenvalue weighted by atomic mass is 32.2. The lowest BCUT2D eigenvalue weighted by Gasteiger charge is -2.50. The zero-order valence-electron chi connectivity index (χ0n) is 43.8. The number of fused-ring (bicyclic) bond motifs is 7. The Morgan fingerprint density at radius 2 is 1.07 bits per heavy atom. The smallest absolute Gasteiger partial charge is 0.233 e. The lowest BCUT2D eigenvalue weighted by Crippen LogP contribution is -2.62. The van der Waals surface area contributed by atoms with Crippen LogP contribution in [-0.2, 0) is 32.5 Å². The minimum atomic E-state index is -0.0250. The topological polar surface area (TPSA) is 6.48 Å². The zero-order chi connectivity index (χ0) is 48.1. The molecule has 6 aromatic rings. The van der Waals surface area contributed by atoms with Crippen molar-refractivity contribution >= 4 is 57.8 Å². The number of hydrogen-bond acceptors (Lipinski definition) is 3. The van der Waals surface area contributed by atoms with Crippen molar-refractivity contribution in [1.29, 1.82) is 0 Å². The molecule has 1 aliphatic carbocycles. The molecule has 10 rings (SSSR count). The Labute approximate surface area is 409 Å². The van der Waals surface area contributed by atoms with Crippen LogP contribution < -0.4 is 20.7 Å². The van der Waals surface area contributed by atoms with Gasteiger partial charge in [-0.25, -0.2) is 0 Å². The summed E-state index contributed by atoms with van der Waals surface area (Å²) in [4.78, 5) is 6.93. The number of benzene rings is 6. The monoisotopic (exact) mass is 903 g/mol. The molecule has 4 aliphatic rings. The van der Waals surface area contributed by atoms with Crippen molar-refractivity contribution in [3.8, 4) is 11.1 Å². The molecule has 0 saturated heterocycles. The number of aryl methyl sites for hydroxylation is 1. The number of anilines is 5. The molecule has 0 aromatic heterocycles. The number of hydrogen-bond donors (Lipinski definition) is 0. The van der Waals surface area contributed by atoms with Crippen molar-refractivity contribution in [3.63, 3.8) is 0 Å². The highest BCUT2D eigenvalue weighted by Crippen LogP contribution is 2.58. The van der Waals surface area contributed by atoms with Gasteiger partial charge in [0.1, 0.15) is 0 Å². The van der Waals surface area contributed by atoms with Crippen LogP contribution in [0, 0.1) is 6.92 Å². The predicted octanol–water partition coefficient (Wildman–Crippen LogP) is 16.5. The second-order valence-corrected chi connectivity index (χ2v) is 27.5. The maximum absolute atomic E-state index is 2.82. The van der Waals surface area contributed by atoms with E-state index in [4.69, 9.17) is 0 Å². The van der Waals surface area contributed by atoms with Crippen molar-refractivity contribution in [2.75, 3.05) is 9.80 Å². The van der Waals surface area contributed by atoms with Crippen LogP contribution in [0.25, 0.3) is 11.1 Å². The van der Waals surface area contributed by atoms with Crippen molar-refractivity contribution < 1.29 is 0 Å². The molecule has 2 nitrogen and oxygen atoms in total. The Balaban J connectivity index is 1.29. The molecule has 67 heavy (non-hydrogen) atoms. The van der Waals surface area contributed by atoms with E-state index in [9.17, 15) is 0 Å². The molecule has 346 valence electrons. The third-order valence-corrected chi connectivity index (χ3v) is 17.6. The summed E-state index contributed by atoms with van der Waals surface area (Å²) in [5, 5.41) is 0.258. The van der Waals surface area contributed by atoms with Gasteiger partial charge in [-0.3, -0.25) is 0 Å². The van der Waals surface area contributed by atoms with Crippen LogP contribution in [-0.4, -0.2) is 11.9 Å². The van der Waals surface area contributed by atoms with Crippen molar-refractivity contribution in [2.45, 2.75) is 179 Å². The first-order valence-corrected chi connectivity index (χ1v) is 26.1. The summed E-state index contributed by atoms with van der Waals surface area (Å²) < 4.78 is 0. The van der Waals surface area contributed by atoms with Gasteiger partial charge >= 0.3 is 0 Å². The summed E-state index contributed by atoms with van der Waals surface area (Å²) in [6.07, 6.45) is 2.40. The zero-order valence-corrected chi connectivity index (χ0v) is 44.7. The highest BCUT2D eigenvalue weighted by Gasteiger charge is 2.54. The lowest BCUT2D eigenvalue weighted by atomic mass is 9.33. The van der Waals surface area contributed by atoms with Gasteiger partial charge in [-0.2, -0.15) is 0 Å². The molecule has 6 aromatic carbocycles. The molecule has 0 fully saturated rings. The fraction of sp³-hybridized carbons (Fsp3) is 0.429. The SMILES string of the molecule is Cc1cc2c3c(c1)N(c1ccc4c(c1)C(C)(C)CCC4(C)C)C1c4cc(C(C)(C)C)ccc4SC1B3c1ccc(C(C)(C)C)cc1N2c1ccc(C(C)(C)C)cc1-c1ccc(C(C)(C)C)cc1. The normalized spacial score (nSPS) is 19.4. The molecule has 0 N–H and O–H groups in total. The van der Waals surface area contributed by atoms with Crippen LogP contribution in [0.3, 0.4) is 0 Å². The summed E-state index contributed by atoms with van der Waals surface area (Å²) in [5.74, 6) is 0. The molecule has 0 spiro atoms. The molecule has 0 amide bonds. The Morgan fingerprint density at radius 3 is 1.72 bits per heavy atom. The Bertz CT molecular complexity index is 2960. The average molecular weight is 903 g/mol. The van der Waals surface area contributed by atoms with E-state index in [0.717, 1.165) is 0 Å². The third-order valence-electron chi connectivity index (χ3n) is 16.2. The number of thioether (sulfide) groups is 1. The fourth-order valence-corrected chi connectivity index (χ4v) is 13.4. The maximum atomic E-state index is 2.82. The van der Waals surface area contributed by atoms with Crippen molar-refractivity contribution in [1.82, 2.24) is 0 Å². The molecule has 2 atom stereocenters. The highest BCUT2D eigenvalue weighted by molar-refractivity contribution is 8.02. The van der Waals surface area contributed by atoms with Gasteiger partial charge in [0.15, 0.2) is 0 Å². The molecule has 4 heteroatoms. The van der Waals surface area contributed by atoms with Gasteiger partial charge in [0.05, 0.1) is 11.7 Å². The number of nitrogens with zero attached hydrogens (tertiary/aromatic N) is 2. The third kappa shape index (κ3) is 7.62. The molecule has 0 saturated carbocycles. The molecular weight excluding hydrogens is 828 g/mol. The van der Waals surface area contributed by atoms with E-state index in [1.807, 2.05) is 0 Å². The van der Waals surface area contributed by atoms with Gasteiger partial charge in [-0.1, -0.05) is 171 Å². The Kier molecular flexibility index (Phi) is 10.4. The van der Waals surface area contributed by atoms with Crippen LogP contribution in [0.2, 0.25) is 0 Å². The van der Waals surface area contributed by atoms with Gasteiger partial charge in [0, 0.05) is 38.4 Å². The predicted molar refractivity (Wildman–Crippen MR) is 294 cm³/mol. The lowest BCUT2D eigenvalue weighted by molar-refractivity contribution is 0.332. The second kappa shape index (κ2) is 15.2. The van der Waals surface area contributed by atoms with E-state index >= 15 is 0 Å². The molecular formula is C63H75BN2S. The van der Waals surface area contributed by atoms with Crippen LogP contribution in [0.1, 0.15) is 174 Å². The van der Waals surface area contributed by atoms with E-state index in [1.54, 1.807) is 0 Å². The summed E-state index contributed by atoms with van der Waals surface area (Å²) in [7, 11) is 0. The van der Waals surface area contributed by atoms with Crippen LogP contribution >= 0.6 is 11.8 Å². The second-order valence-electron chi connectivity index (χ2n) is 26.3. The van der Waals surface area contributed by atoms with Crippen LogP contribution in [0.15, 0.2) is 114 Å². The van der Waals surface area contributed by atoms with Crippen molar-refractivity contribution in [2.24, 2.45) is 0 Å². The van der Waals surface area contributed by atoms with Gasteiger partial charge in [-0.05, 0) is 162 Å². The van der Waals surface area contributed by atoms with Crippen LogP contribution in [0.5, 0.6) is 0 Å². The summed E-state index contributed by atoms with van der Waals surface area (Å²) in [6.45, 7) is 40.5. The van der Waals surface area contributed by atoms with E-state index in [2.05, 4.69) is 248 Å². The maximum Gasteiger partial charge on any atom is 0.233 e. The van der Waals surface area contributed by atoms with Crippen molar-refractivity contribution in [3.05, 3.63) is 154 Å². The van der Waals surface area contributed by atoms with Gasteiger partial charge < -0.3 is 9.80 Å². The van der Waals surface area contributed by atoms with Gasteiger partial charge in [0.25, 0.3) is 0 Å². The summed E-state index contributed by atoms with van der Waals surface area (Å²) in [5.41, 5.74) is 23.5.